The number of piperidine rings is 1. The zero-order valence-electron chi connectivity index (χ0n) is 15.9. The molecular formula is C21H19N4O5-. The van der Waals surface area contributed by atoms with Crippen LogP contribution in [-0.2, 0) is 20.9 Å². The van der Waals surface area contributed by atoms with E-state index in [2.05, 4.69) is 16.0 Å². The van der Waals surface area contributed by atoms with Gasteiger partial charge in [0.15, 0.2) is 0 Å². The van der Waals surface area contributed by atoms with Gasteiger partial charge in [-0.3, -0.25) is 24.5 Å². The second-order valence-electron chi connectivity index (χ2n) is 7.20. The predicted molar refractivity (Wildman–Crippen MR) is 105 cm³/mol. The Kier molecular flexibility index (Phi) is 5.09. The molecule has 3 N–H and O–H groups in total. The standard InChI is InChI=1S/C21H20N4O5/c26-15-5-3-13(4-6-15)23-19(28)10-22-14-2-1-12-11-25(21(30)16(12)9-14)17-7-8-18(27)24-20(17)29/h1-6,9,17,22,26H,7-8,10-11H2,(H,23,28)(H,24,27,29)/p-1. The highest BCUT2D eigenvalue weighted by molar-refractivity contribution is 6.05. The Hall–Kier alpha value is -3.88. The number of rotatable bonds is 5. The monoisotopic (exact) mass is 407 g/mol. The molecule has 2 aliphatic rings. The molecule has 0 spiro atoms. The molecule has 0 saturated carbocycles. The van der Waals surface area contributed by atoms with E-state index in [9.17, 15) is 24.3 Å². The van der Waals surface area contributed by atoms with Crippen LogP contribution < -0.4 is 21.1 Å². The van der Waals surface area contributed by atoms with E-state index < -0.39 is 11.9 Å². The summed E-state index contributed by atoms with van der Waals surface area (Å²) in [6.07, 6.45) is 0.513. The van der Waals surface area contributed by atoms with Crippen LogP contribution in [0.15, 0.2) is 42.5 Å². The fourth-order valence-electron chi connectivity index (χ4n) is 3.59. The van der Waals surface area contributed by atoms with Crippen LogP contribution in [0.4, 0.5) is 11.4 Å². The molecule has 1 fully saturated rings. The van der Waals surface area contributed by atoms with Gasteiger partial charge in [0.25, 0.3) is 5.91 Å². The number of fused-ring (bicyclic) bond motifs is 1. The molecule has 2 heterocycles. The third-order valence-corrected chi connectivity index (χ3v) is 5.12. The van der Waals surface area contributed by atoms with E-state index in [1.807, 2.05) is 0 Å². The molecule has 2 aromatic rings. The summed E-state index contributed by atoms with van der Waals surface area (Å²) >= 11 is 0. The first-order chi connectivity index (χ1) is 14.4. The zero-order valence-corrected chi connectivity index (χ0v) is 15.9. The minimum absolute atomic E-state index is 0.0248. The van der Waals surface area contributed by atoms with Crippen molar-refractivity contribution >= 4 is 35.0 Å². The SMILES string of the molecule is O=C1CCC(N2Cc3ccc(NCC(=O)Nc4ccc([O-])cc4)cc3C2=O)C(=O)N1. The molecule has 1 unspecified atom stereocenters. The number of imide groups is 1. The molecule has 0 aliphatic carbocycles. The maximum atomic E-state index is 12.8. The molecule has 9 heteroatoms. The Morgan fingerprint density at radius 2 is 1.83 bits per heavy atom. The Labute approximate surface area is 172 Å². The third-order valence-electron chi connectivity index (χ3n) is 5.12. The van der Waals surface area contributed by atoms with E-state index in [1.165, 1.54) is 29.2 Å². The minimum atomic E-state index is -0.662. The maximum absolute atomic E-state index is 12.8. The molecule has 1 atom stereocenters. The Balaban J connectivity index is 1.38. The van der Waals surface area contributed by atoms with Gasteiger partial charge < -0.3 is 20.6 Å². The van der Waals surface area contributed by atoms with Gasteiger partial charge in [-0.25, -0.2) is 0 Å². The summed E-state index contributed by atoms with van der Waals surface area (Å²) < 4.78 is 0. The molecule has 0 aromatic heterocycles. The molecular weight excluding hydrogens is 388 g/mol. The van der Waals surface area contributed by atoms with Crippen molar-refractivity contribution in [2.75, 3.05) is 17.2 Å². The van der Waals surface area contributed by atoms with Crippen LogP contribution >= 0.6 is 0 Å². The highest BCUT2D eigenvalue weighted by atomic mass is 16.3. The van der Waals surface area contributed by atoms with Crippen molar-refractivity contribution in [3.63, 3.8) is 0 Å². The zero-order chi connectivity index (χ0) is 21.3. The van der Waals surface area contributed by atoms with Crippen molar-refractivity contribution in [1.29, 1.82) is 0 Å². The lowest BCUT2D eigenvalue weighted by molar-refractivity contribution is -0.268. The van der Waals surface area contributed by atoms with Crippen LogP contribution in [0.1, 0.15) is 28.8 Å². The number of benzene rings is 2. The Bertz CT molecular complexity index is 1030. The van der Waals surface area contributed by atoms with Crippen LogP contribution in [0.2, 0.25) is 0 Å². The van der Waals surface area contributed by atoms with Gasteiger partial charge >= 0.3 is 0 Å². The summed E-state index contributed by atoms with van der Waals surface area (Å²) in [6, 6.07) is 10.3. The molecule has 1 saturated heterocycles. The van der Waals surface area contributed by atoms with Crippen molar-refractivity contribution in [2.24, 2.45) is 0 Å². The highest BCUT2D eigenvalue weighted by Gasteiger charge is 2.39. The predicted octanol–water partition coefficient (Wildman–Crippen LogP) is 0.572. The summed E-state index contributed by atoms with van der Waals surface area (Å²) in [5, 5.41) is 19.0. The summed E-state index contributed by atoms with van der Waals surface area (Å²) in [4.78, 5) is 49.8. The van der Waals surface area contributed by atoms with Gasteiger partial charge in [-0.2, -0.15) is 0 Å². The van der Waals surface area contributed by atoms with Crippen molar-refractivity contribution < 1.29 is 24.3 Å². The molecule has 0 radical (unpaired) electrons. The maximum Gasteiger partial charge on any atom is 0.255 e. The topological polar surface area (TPSA) is 131 Å². The first-order valence-electron chi connectivity index (χ1n) is 9.49. The first-order valence-corrected chi connectivity index (χ1v) is 9.49. The number of hydrogen-bond donors (Lipinski definition) is 3. The normalized spacial score (nSPS) is 18.1. The van der Waals surface area contributed by atoms with E-state index in [0.717, 1.165) is 5.56 Å². The average molecular weight is 407 g/mol. The molecule has 4 amide bonds. The summed E-state index contributed by atoms with van der Waals surface area (Å²) in [5.74, 6) is -1.49. The smallest absolute Gasteiger partial charge is 0.255 e. The number of carbonyl (C=O) groups is 4. The van der Waals surface area contributed by atoms with Gasteiger partial charge in [-0.15, -0.1) is 5.75 Å². The van der Waals surface area contributed by atoms with Crippen molar-refractivity contribution in [3.8, 4) is 5.75 Å². The van der Waals surface area contributed by atoms with E-state index in [-0.39, 0.29) is 36.4 Å². The number of nitrogens with one attached hydrogen (secondary N) is 3. The molecule has 0 bridgehead atoms. The van der Waals surface area contributed by atoms with Crippen molar-refractivity contribution in [2.45, 2.75) is 25.4 Å². The molecule has 9 nitrogen and oxygen atoms in total. The molecule has 2 aromatic carbocycles. The lowest BCUT2D eigenvalue weighted by atomic mass is 10.0. The number of nitrogens with zero attached hydrogens (tertiary/aromatic N) is 1. The van der Waals surface area contributed by atoms with Gasteiger partial charge in [0.2, 0.25) is 17.7 Å². The van der Waals surface area contributed by atoms with Gasteiger partial charge in [-0.1, -0.05) is 18.2 Å². The molecule has 2 aliphatic heterocycles. The summed E-state index contributed by atoms with van der Waals surface area (Å²) in [7, 11) is 0. The van der Waals surface area contributed by atoms with Gasteiger partial charge in [0, 0.05) is 29.9 Å². The fraction of sp³-hybridized carbons (Fsp3) is 0.238. The second kappa shape index (κ2) is 7.86. The van der Waals surface area contributed by atoms with Crippen LogP contribution in [0, 0.1) is 0 Å². The van der Waals surface area contributed by atoms with E-state index in [1.54, 1.807) is 18.2 Å². The van der Waals surface area contributed by atoms with E-state index >= 15 is 0 Å². The highest BCUT2D eigenvalue weighted by Crippen LogP contribution is 2.29. The number of hydrogen-bond acceptors (Lipinski definition) is 6. The largest absolute Gasteiger partial charge is 0.872 e. The minimum Gasteiger partial charge on any atom is -0.872 e. The van der Waals surface area contributed by atoms with Crippen molar-refractivity contribution in [3.05, 3.63) is 53.6 Å². The van der Waals surface area contributed by atoms with E-state index in [4.69, 9.17) is 0 Å². The Morgan fingerprint density at radius 3 is 2.57 bits per heavy atom. The van der Waals surface area contributed by atoms with E-state index in [0.29, 0.717) is 29.9 Å². The molecule has 154 valence electrons. The number of anilines is 2. The van der Waals surface area contributed by atoms with Gasteiger partial charge in [-0.05, 0) is 36.2 Å². The van der Waals surface area contributed by atoms with Crippen molar-refractivity contribution in [1.82, 2.24) is 10.2 Å². The van der Waals surface area contributed by atoms with Crippen LogP contribution in [0.5, 0.6) is 5.75 Å². The van der Waals surface area contributed by atoms with Gasteiger partial charge in [0.1, 0.15) is 6.04 Å². The number of carbonyl (C=O) groups excluding carboxylic acids is 4. The Morgan fingerprint density at radius 1 is 1.10 bits per heavy atom. The lowest BCUT2D eigenvalue weighted by Crippen LogP contribution is -2.52. The lowest BCUT2D eigenvalue weighted by Gasteiger charge is -2.29. The summed E-state index contributed by atoms with van der Waals surface area (Å²) in [6.45, 7) is 0.278. The average Bonchev–Trinajstić information content (AvgIpc) is 3.04. The van der Waals surface area contributed by atoms with Gasteiger partial charge in [0.05, 0.1) is 6.54 Å². The quantitative estimate of drug-likeness (QED) is 0.621. The fourth-order valence-corrected chi connectivity index (χ4v) is 3.59. The van der Waals surface area contributed by atoms with Crippen LogP contribution in [0.25, 0.3) is 0 Å². The second-order valence-corrected chi connectivity index (χ2v) is 7.20. The van der Waals surface area contributed by atoms with Crippen LogP contribution in [0.3, 0.4) is 0 Å². The summed E-state index contributed by atoms with van der Waals surface area (Å²) in [5.41, 5.74) is 2.37. The molecule has 30 heavy (non-hydrogen) atoms. The molecule has 4 rings (SSSR count). The van der Waals surface area contributed by atoms with Crippen LogP contribution in [-0.4, -0.2) is 41.1 Å². The number of amides is 4. The first kappa shape index (κ1) is 19.4. The third kappa shape index (κ3) is 3.95.